The molecule has 2 aliphatic rings. The van der Waals surface area contributed by atoms with Gasteiger partial charge in [0.05, 0.1) is 5.69 Å². The van der Waals surface area contributed by atoms with Crippen LogP contribution in [-0.2, 0) is 0 Å². The maximum atomic E-state index is 13.3. The summed E-state index contributed by atoms with van der Waals surface area (Å²) in [7, 11) is 0. The Kier molecular flexibility index (Phi) is 3.34. The Morgan fingerprint density at radius 3 is 2.40 bits per heavy atom. The van der Waals surface area contributed by atoms with Gasteiger partial charge in [-0.15, -0.1) is 13.2 Å². The summed E-state index contributed by atoms with van der Waals surface area (Å²) in [4.78, 5) is 0. The Labute approximate surface area is 138 Å². The largest absolute Gasteiger partial charge is 0.573 e. The number of aromatic amines is 2. The Balaban J connectivity index is 1.60. The lowest BCUT2D eigenvalue weighted by atomic mass is 10.2. The molecule has 3 N–H and O–H groups in total. The Morgan fingerprint density at radius 1 is 0.920 bits per heavy atom. The van der Waals surface area contributed by atoms with Crippen molar-refractivity contribution >= 4 is 22.3 Å². The summed E-state index contributed by atoms with van der Waals surface area (Å²) >= 11 is 0. The topological polar surface area (TPSA) is 52.8 Å². The summed E-state index contributed by atoms with van der Waals surface area (Å²) in [6.07, 6.45) is -4.72. The molecule has 0 amide bonds. The molecule has 4 nitrogen and oxygen atoms in total. The second kappa shape index (κ2) is 5.44. The summed E-state index contributed by atoms with van der Waals surface area (Å²) in [6, 6.07) is 11.7. The van der Waals surface area contributed by atoms with Gasteiger partial charge in [0.2, 0.25) is 0 Å². The maximum Gasteiger partial charge on any atom is 0.573 e. The Morgan fingerprint density at radius 2 is 1.68 bits per heavy atom. The fraction of sp³-hybridized carbons (Fsp3) is 0.0588. The van der Waals surface area contributed by atoms with Crippen molar-refractivity contribution in [1.29, 1.82) is 0 Å². The normalized spacial score (nSPS) is 12.0. The average Bonchev–Trinajstić information content (AvgIpc) is 3.07. The van der Waals surface area contributed by atoms with E-state index in [4.69, 9.17) is 0 Å². The molecular weight excluding hydrogens is 338 g/mol. The fourth-order valence-electron chi connectivity index (χ4n) is 2.76. The third kappa shape index (κ3) is 2.98. The summed E-state index contributed by atoms with van der Waals surface area (Å²) in [6.45, 7) is 0. The highest BCUT2D eigenvalue weighted by molar-refractivity contribution is 6.04. The number of anilines is 2. The van der Waals surface area contributed by atoms with Crippen LogP contribution in [0.5, 0.6) is 5.75 Å². The molecule has 2 aromatic rings. The van der Waals surface area contributed by atoms with Crippen LogP contribution in [0.2, 0.25) is 0 Å². The van der Waals surface area contributed by atoms with Crippen LogP contribution >= 0.6 is 0 Å². The van der Waals surface area contributed by atoms with Gasteiger partial charge in [-0.2, -0.15) is 0 Å². The SMILES string of the molecule is Fc1ccc2c3[nH][nH]c(Nc4ccc(OC(F)(F)F)cc4)c-3cc2c1. The van der Waals surface area contributed by atoms with Crippen molar-refractivity contribution in [2.24, 2.45) is 0 Å². The van der Waals surface area contributed by atoms with E-state index >= 15 is 0 Å². The van der Waals surface area contributed by atoms with Crippen LogP contribution < -0.4 is 10.1 Å². The molecule has 1 aliphatic heterocycles. The number of fused-ring (bicyclic) bond motifs is 3. The number of hydrogen-bond acceptors (Lipinski definition) is 2. The molecule has 25 heavy (non-hydrogen) atoms. The van der Waals surface area contributed by atoms with Crippen molar-refractivity contribution in [3.63, 3.8) is 0 Å². The monoisotopic (exact) mass is 349 g/mol. The van der Waals surface area contributed by atoms with Crippen LogP contribution in [0, 0.1) is 5.82 Å². The lowest BCUT2D eigenvalue weighted by Crippen LogP contribution is -2.16. The van der Waals surface area contributed by atoms with Crippen molar-refractivity contribution < 1.29 is 22.3 Å². The zero-order valence-corrected chi connectivity index (χ0v) is 12.5. The van der Waals surface area contributed by atoms with E-state index in [0.29, 0.717) is 11.5 Å². The van der Waals surface area contributed by atoms with E-state index in [-0.39, 0.29) is 11.6 Å². The smallest absolute Gasteiger partial charge is 0.406 e. The third-order valence-electron chi connectivity index (χ3n) is 3.79. The summed E-state index contributed by atoms with van der Waals surface area (Å²) in [5.74, 6) is 0.00534. The molecule has 0 aromatic heterocycles. The minimum atomic E-state index is -4.72. The van der Waals surface area contributed by atoms with Gasteiger partial charge in [-0.05, 0) is 53.9 Å². The number of alkyl halides is 3. The maximum absolute atomic E-state index is 13.3. The molecule has 8 heteroatoms. The lowest BCUT2D eigenvalue weighted by molar-refractivity contribution is -0.274. The molecule has 0 saturated heterocycles. The van der Waals surface area contributed by atoms with E-state index in [9.17, 15) is 17.6 Å². The number of benzene rings is 2. The first-order chi connectivity index (χ1) is 11.9. The van der Waals surface area contributed by atoms with Crippen LogP contribution in [0.3, 0.4) is 0 Å². The van der Waals surface area contributed by atoms with Crippen LogP contribution in [-0.4, -0.2) is 16.6 Å². The number of ether oxygens (including phenoxy) is 1. The van der Waals surface area contributed by atoms with E-state index in [1.54, 1.807) is 6.07 Å². The van der Waals surface area contributed by atoms with Crippen molar-refractivity contribution in [2.75, 3.05) is 5.32 Å². The first-order valence-electron chi connectivity index (χ1n) is 7.30. The third-order valence-corrected chi connectivity index (χ3v) is 3.79. The molecule has 0 spiro atoms. The number of nitrogens with one attached hydrogen (secondary N) is 3. The minimum Gasteiger partial charge on any atom is -0.406 e. The number of halogens is 4. The van der Waals surface area contributed by atoms with Crippen LogP contribution in [0.25, 0.3) is 22.0 Å². The average molecular weight is 349 g/mol. The lowest BCUT2D eigenvalue weighted by Gasteiger charge is -2.10. The molecular formula is C17H11F4N3O. The highest BCUT2D eigenvalue weighted by atomic mass is 19.4. The van der Waals surface area contributed by atoms with Crippen LogP contribution in [0.15, 0.2) is 48.5 Å². The van der Waals surface area contributed by atoms with E-state index in [2.05, 4.69) is 20.3 Å². The van der Waals surface area contributed by atoms with E-state index < -0.39 is 6.36 Å². The zero-order valence-electron chi connectivity index (χ0n) is 12.5. The summed E-state index contributed by atoms with van der Waals surface area (Å²) < 4.78 is 53.7. The molecule has 0 bridgehead atoms. The van der Waals surface area contributed by atoms with Crippen LogP contribution in [0.1, 0.15) is 0 Å². The molecule has 0 saturated carbocycles. The second-order valence-electron chi connectivity index (χ2n) is 5.49. The van der Waals surface area contributed by atoms with Gasteiger partial charge in [0.25, 0.3) is 0 Å². The molecule has 0 radical (unpaired) electrons. The first kappa shape index (κ1) is 15.4. The van der Waals surface area contributed by atoms with Crippen molar-refractivity contribution in [2.45, 2.75) is 6.36 Å². The van der Waals surface area contributed by atoms with Gasteiger partial charge in [-0.25, -0.2) is 4.39 Å². The highest BCUT2D eigenvalue weighted by Crippen LogP contribution is 2.38. The van der Waals surface area contributed by atoms with Gasteiger partial charge < -0.3 is 10.1 Å². The van der Waals surface area contributed by atoms with E-state index in [1.165, 1.54) is 36.4 Å². The van der Waals surface area contributed by atoms with Gasteiger partial charge >= 0.3 is 6.36 Å². The Hall–Kier alpha value is -3.16. The van der Waals surface area contributed by atoms with Gasteiger partial charge in [0, 0.05) is 16.6 Å². The molecule has 0 atom stereocenters. The van der Waals surface area contributed by atoms with Crippen molar-refractivity contribution in [3.05, 3.63) is 54.3 Å². The second-order valence-corrected chi connectivity index (χ2v) is 5.49. The molecule has 0 fully saturated rings. The summed E-state index contributed by atoms with van der Waals surface area (Å²) in [5.41, 5.74) is 2.20. The molecule has 0 unspecified atom stereocenters. The van der Waals surface area contributed by atoms with E-state index in [1.807, 2.05) is 6.07 Å². The van der Waals surface area contributed by atoms with Gasteiger partial charge in [-0.3, -0.25) is 10.2 Å². The zero-order chi connectivity index (χ0) is 17.6. The standard InChI is InChI=1S/C17H11F4N3O/c18-10-1-6-13-9(7-10)8-14-15(13)23-24-16(14)22-11-2-4-12(5-3-11)25-17(19,20)21/h1-8,22-24H. The quantitative estimate of drug-likeness (QED) is 0.435. The van der Waals surface area contributed by atoms with Crippen molar-refractivity contribution in [1.82, 2.24) is 10.2 Å². The van der Waals surface area contributed by atoms with Crippen molar-refractivity contribution in [3.8, 4) is 17.0 Å². The van der Waals surface area contributed by atoms with Crippen LogP contribution in [0.4, 0.5) is 29.1 Å². The Bertz CT molecular complexity index is 1000. The van der Waals surface area contributed by atoms with E-state index in [0.717, 1.165) is 22.0 Å². The highest BCUT2D eigenvalue weighted by Gasteiger charge is 2.31. The molecule has 2 aromatic carbocycles. The summed E-state index contributed by atoms with van der Waals surface area (Å²) in [5, 5.41) is 10.7. The first-order valence-corrected chi connectivity index (χ1v) is 7.30. The molecule has 128 valence electrons. The number of H-pyrrole nitrogens is 2. The number of rotatable bonds is 3. The fourth-order valence-corrected chi connectivity index (χ4v) is 2.76. The van der Waals surface area contributed by atoms with Gasteiger partial charge in [0.15, 0.2) is 0 Å². The predicted octanol–water partition coefficient (Wildman–Crippen LogP) is 5.38. The number of hydrogen-bond donors (Lipinski definition) is 3. The predicted molar refractivity (Wildman–Crippen MR) is 85.6 cm³/mol. The molecule has 4 rings (SSSR count). The molecule has 1 heterocycles. The molecule has 1 aliphatic carbocycles. The number of aromatic nitrogens is 2. The minimum absolute atomic E-state index is 0.296. The van der Waals surface area contributed by atoms with Gasteiger partial charge in [0.1, 0.15) is 17.4 Å². The van der Waals surface area contributed by atoms with Gasteiger partial charge in [-0.1, -0.05) is 0 Å².